The number of hydrogen-bond acceptors (Lipinski definition) is 4. The fourth-order valence-corrected chi connectivity index (χ4v) is 1.60. The van der Waals surface area contributed by atoms with E-state index in [4.69, 9.17) is 14.7 Å². The highest BCUT2D eigenvalue weighted by Gasteiger charge is 2.01. The number of benzene rings is 2. The van der Waals surface area contributed by atoms with Gasteiger partial charge >= 0.3 is 5.97 Å². The van der Waals surface area contributed by atoms with E-state index in [1.807, 2.05) is 36.4 Å². The van der Waals surface area contributed by atoms with Crippen LogP contribution in [0.1, 0.15) is 5.56 Å². The molecule has 0 fully saturated rings. The van der Waals surface area contributed by atoms with Crippen LogP contribution in [-0.2, 0) is 4.79 Å². The van der Waals surface area contributed by atoms with Crippen LogP contribution in [0.4, 0.5) is 0 Å². The molecule has 0 heterocycles. The average molecular weight is 279 g/mol. The monoisotopic (exact) mass is 279 g/mol. The van der Waals surface area contributed by atoms with E-state index in [0.29, 0.717) is 11.5 Å². The van der Waals surface area contributed by atoms with Gasteiger partial charge in [0.25, 0.3) is 0 Å². The number of nitriles is 1. The molecule has 0 amide bonds. The van der Waals surface area contributed by atoms with E-state index in [1.165, 1.54) is 6.08 Å². The molecule has 0 aliphatic heterocycles. The van der Waals surface area contributed by atoms with Crippen molar-refractivity contribution in [2.45, 2.75) is 0 Å². The summed E-state index contributed by atoms with van der Waals surface area (Å²) in [6.45, 7) is -0.0149. The summed E-state index contributed by atoms with van der Waals surface area (Å²) in [4.78, 5) is 11.7. The molecule has 0 saturated carbocycles. The lowest BCUT2D eigenvalue weighted by Crippen LogP contribution is -2.03. The number of ether oxygens (including phenoxy) is 2. The van der Waals surface area contributed by atoms with Gasteiger partial charge in [-0.1, -0.05) is 30.3 Å². The summed E-state index contributed by atoms with van der Waals surface area (Å²) in [6.07, 6.45) is 3.06. The van der Waals surface area contributed by atoms with Gasteiger partial charge in [0, 0.05) is 6.08 Å². The predicted octanol–water partition coefficient (Wildman–Crippen LogP) is 3.21. The summed E-state index contributed by atoms with van der Waals surface area (Å²) < 4.78 is 10.3. The first kappa shape index (κ1) is 14.4. The third-order valence-corrected chi connectivity index (χ3v) is 2.56. The predicted molar refractivity (Wildman–Crippen MR) is 78.7 cm³/mol. The van der Waals surface area contributed by atoms with Crippen molar-refractivity contribution in [2.24, 2.45) is 0 Å². The topological polar surface area (TPSA) is 59.3 Å². The van der Waals surface area contributed by atoms with E-state index in [-0.39, 0.29) is 6.61 Å². The van der Waals surface area contributed by atoms with Crippen molar-refractivity contribution in [3.63, 3.8) is 0 Å². The first-order chi connectivity index (χ1) is 10.3. The lowest BCUT2D eigenvalue weighted by atomic mass is 10.2. The molecule has 4 heteroatoms. The van der Waals surface area contributed by atoms with Gasteiger partial charge in [0.15, 0.2) is 6.61 Å². The second-order valence-corrected chi connectivity index (χ2v) is 4.08. The molecule has 0 radical (unpaired) electrons. The third kappa shape index (κ3) is 4.84. The summed E-state index contributed by atoms with van der Waals surface area (Å²) in [6, 6.07) is 17.9. The second-order valence-electron chi connectivity index (χ2n) is 4.08. The van der Waals surface area contributed by atoms with Gasteiger partial charge in [-0.05, 0) is 35.9 Å². The molecule has 2 aromatic carbocycles. The normalized spacial score (nSPS) is 10.0. The van der Waals surface area contributed by atoms with Crippen molar-refractivity contribution in [2.75, 3.05) is 6.61 Å². The minimum atomic E-state index is -0.454. The van der Waals surface area contributed by atoms with E-state index in [2.05, 4.69) is 0 Å². The highest BCUT2D eigenvalue weighted by molar-refractivity contribution is 5.88. The third-order valence-electron chi connectivity index (χ3n) is 2.56. The first-order valence-corrected chi connectivity index (χ1v) is 6.33. The Kier molecular flexibility index (Phi) is 5.13. The van der Waals surface area contributed by atoms with Crippen LogP contribution >= 0.6 is 0 Å². The van der Waals surface area contributed by atoms with E-state index in [0.717, 1.165) is 5.56 Å². The van der Waals surface area contributed by atoms with Gasteiger partial charge in [-0.3, -0.25) is 0 Å². The maximum absolute atomic E-state index is 11.7. The van der Waals surface area contributed by atoms with Gasteiger partial charge in [0.2, 0.25) is 0 Å². The molecule has 2 aromatic rings. The fourth-order valence-electron chi connectivity index (χ4n) is 1.60. The molecule has 0 N–H and O–H groups in total. The van der Waals surface area contributed by atoms with Crippen LogP contribution in [0, 0.1) is 11.3 Å². The Morgan fingerprint density at radius 2 is 1.71 bits per heavy atom. The number of carbonyl (C=O) groups excluding carboxylic acids is 1. The van der Waals surface area contributed by atoms with Gasteiger partial charge < -0.3 is 9.47 Å². The zero-order valence-electron chi connectivity index (χ0n) is 11.2. The Morgan fingerprint density at radius 1 is 1.05 bits per heavy atom. The minimum Gasteiger partial charge on any atom is -0.479 e. The molecular formula is C17H13NO3. The summed E-state index contributed by atoms with van der Waals surface area (Å²) in [7, 11) is 0. The maximum Gasteiger partial charge on any atom is 0.336 e. The molecule has 0 atom stereocenters. The van der Waals surface area contributed by atoms with E-state index < -0.39 is 5.97 Å². The lowest BCUT2D eigenvalue weighted by molar-refractivity contribution is -0.128. The molecule has 0 aliphatic rings. The van der Waals surface area contributed by atoms with Crippen molar-refractivity contribution in [3.05, 3.63) is 66.2 Å². The molecule has 21 heavy (non-hydrogen) atoms. The summed E-state index contributed by atoms with van der Waals surface area (Å²) in [5, 5.41) is 8.40. The second kappa shape index (κ2) is 7.51. The summed E-state index contributed by atoms with van der Waals surface area (Å²) in [5.41, 5.74) is 0.926. The smallest absolute Gasteiger partial charge is 0.336 e. The molecule has 0 unspecified atom stereocenters. The van der Waals surface area contributed by atoms with Crippen molar-refractivity contribution >= 4 is 12.0 Å². The van der Waals surface area contributed by atoms with Crippen molar-refractivity contribution in [1.82, 2.24) is 0 Å². The Hall–Kier alpha value is -3.06. The molecule has 0 aromatic heterocycles. The van der Waals surface area contributed by atoms with E-state index >= 15 is 0 Å². The van der Waals surface area contributed by atoms with Crippen LogP contribution in [0.15, 0.2) is 60.7 Å². The fraction of sp³-hybridized carbons (Fsp3) is 0.0588. The number of nitrogens with zero attached hydrogens (tertiary/aromatic N) is 1. The quantitative estimate of drug-likeness (QED) is 0.479. The van der Waals surface area contributed by atoms with Crippen molar-refractivity contribution in [1.29, 1.82) is 5.26 Å². The van der Waals surface area contributed by atoms with Crippen LogP contribution in [0.25, 0.3) is 6.08 Å². The summed E-state index contributed by atoms with van der Waals surface area (Å²) in [5.74, 6) is 0.516. The number of rotatable bonds is 5. The van der Waals surface area contributed by atoms with Crippen LogP contribution in [0.2, 0.25) is 0 Å². The van der Waals surface area contributed by atoms with Gasteiger partial charge in [-0.15, -0.1) is 0 Å². The Labute approximate surface area is 122 Å². The number of esters is 1. The van der Waals surface area contributed by atoms with Crippen LogP contribution in [0.3, 0.4) is 0 Å². The van der Waals surface area contributed by atoms with Gasteiger partial charge in [0.1, 0.15) is 17.6 Å². The molecule has 0 bridgehead atoms. The lowest BCUT2D eigenvalue weighted by Gasteiger charge is -2.03. The Morgan fingerprint density at radius 3 is 2.38 bits per heavy atom. The number of carbonyl (C=O) groups is 1. The van der Waals surface area contributed by atoms with Gasteiger partial charge in [-0.25, -0.2) is 4.79 Å². The summed E-state index contributed by atoms with van der Waals surface area (Å²) >= 11 is 0. The van der Waals surface area contributed by atoms with E-state index in [9.17, 15) is 4.79 Å². The molecule has 0 aliphatic carbocycles. The molecular weight excluding hydrogens is 266 g/mol. The first-order valence-electron chi connectivity index (χ1n) is 6.33. The average Bonchev–Trinajstić information content (AvgIpc) is 2.53. The minimum absolute atomic E-state index is 0.0149. The van der Waals surface area contributed by atoms with Crippen LogP contribution in [0.5, 0.6) is 11.5 Å². The van der Waals surface area contributed by atoms with Crippen LogP contribution in [-0.4, -0.2) is 12.6 Å². The van der Waals surface area contributed by atoms with Gasteiger partial charge in [-0.2, -0.15) is 5.26 Å². The Bertz CT molecular complexity index is 655. The molecule has 0 spiro atoms. The maximum atomic E-state index is 11.7. The molecule has 0 saturated heterocycles. The molecule has 104 valence electrons. The Balaban J connectivity index is 1.91. The van der Waals surface area contributed by atoms with Crippen molar-refractivity contribution < 1.29 is 14.3 Å². The van der Waals surface area contributed by atoms with E-state index in [1.54, 1.807) is 30.3 Å². The number of hydrogen-bond donors (Lipinski definition) is 0. The SMILES string of the molecule is N#CCOc1ccc(OC(=O)C=Cc2ccccc2)cc1. The largest absolute Gasteiger partial charge is 0.479 e. The molecule has 2 rings (SSSR count). The van der Waals surface area contributed by atoms with Crippen molar-refractivity contribution in [3.8, 4) is 17.6 Å². The highest BCUT2D eigenvalue weighted by atomic mass is 16.5. The highest BCUT2D eigenvalue weighted by Crippen LogP contribution is 2.17. The zero-order chi connectivity index (χ0) is 14.9. The standard InChI is InChI=1S/C17H13NO3/c18-12-13-20-15-7-9-16(10-8-15)21-17(19)11-6-14-4-2-1-3-5-14/h1-11H,13H2. The molecule has 4 nitrogen and oxygen atoms in total. The zero-order valence-corrected chi connectivity index (χ0v) is 11.2. The van der Waals surface area contributed by atoms with Gasteiger partial charge in [0.05, 0.1) is 0 Å². The van der Waals surface area contributed by atoms with Crippen LogP contribution < -0.4 is 9.47 Å².